The molecule has 1 unspecified atom stereocenters. The molecule has 0 aromatic rings. The van der Waals surface area contributed by atoms with Gasteiger partial charge in [0.25, 0.3) is 0 Å². The van der Waals surface area contributed by atoms with Gasteiger partial charge in [0, 0.05) is 6.42 Å². The largest absolute Gasteiger partial charge is 0.417 e. The summed E-state index contributed by atoms with van der Waals surface area (Å²) in [4.78, 5) is 0. The van der Waals surface area contributed by atoms with Crippen LogP contribution in [-0.4, -0.2) is 34.3 Å². The Kier molecular flexibility index (Phi) is 5.61. The van der Waals surface area contributed by atoms with Crippen LogP contribution in [0.2, 0.25) is 0 Å². The molecule has 4 rings (SSSR count). The van der Waals surface area contributed by atoms with E-state index in [9.17, 15) is 36.6 Å². The van der Waals surface area contributed by atoms with Crippen molar-refractivity contribution in [1.82, 2.24) is 0 Å². The van der Waals surface area contributed by atoms with Crippen LogP contribution in [0.4, 0.5) is 26.3 Å². The molecule has 0 amide bonds. The molecule has 4 aliphatic rings. The van der Waals surface area contributed by atoms with Crippen LogP contribution in [0.15, 0.2) is 11.6 Å². The van der Waals surface area contributed by atoms with Crippen LogP contribution in [0.25, 0.3) is 0 Å². The first-order valence-electron chi connectivity index (χ1n) is 11.8. The van der Waals surface area contributed by atoms with Gasteiger partial charge in [-0.1, -0.05) is 32.4 Å². The minimum absolute atomic E-state index is 0.181. The SMILES string of the molecule is C[C@@H]([C@H]1CC[C@H]2[C@@H]3CC=C4C[C@](O)(C(F)(F)F)CC[C@]4(C)C3CC[C@]12C)[C@H](O)C(F)(F)F. The number of aliphatic hydroxyl groups excluding tert-OH is 1. The first kappa shape index (κ1) is 24.4. The van der Waals surface area contributed by atoms with Gasteiger partial charge in [0.1, 0.15) is 0 Å². The molecule has 0 aromatic heterocycles. The van der Waals surface area contributed by atoms with Crippen LogP contribution in [0.1, 0.15) is 72.1 Å². The minimum Gasteiger partial charge on any atom is -0.383 e. The van der Waals surface area contributed by atoms with Crippen molar-refractivity contribution in [2.24, 2.45) is 40.4 Å². The molecule has 4 aliphatic carbocycles. The number of hydrogen-bond donors (Lipinski definition) is 2. The first-order chi connectivity index (χ1) is 14.5. The van der Waals surface area contributed by atoms with Crippen molar-refractivity contribution in [3.63, 3.8) is 0 Å². The summed E-state index contributed by atoms with van der Waals surface area (Å²) in [5.41, 5.74) is -2.69. The molecule has 9 atom stereocenters. The Bertz CT molecular complexity index is 775. The van der Waals surface area contributed by atoms with E-state index in [0.29, 0.717) is 18.4 Å². The monoisotopic (exact) mass is 468 g/mol. The lowest BCUT2D eigenvalue weighted by Crippen LogP contribution is -2.56. The molecule has 0 spiro atoms. The summed E-state index contributed by atoms with van der Waals surface area (Å²) in [6, 6.07) is 0. The van der Waals surface area contributed by atoms with Gasteiger partial charge in [-0.3, -0.25) is 0 Å². The Morgan fingerprint density at radius 2 is 1.62 bits per heavy atom. The lowest BCUT2D eigenvalue weighted by atomic mass is 9.46. The molecule has 8 heteroatoms. The van der Waals surface area contributed by atoms with Gasteiger partial charge < -0.3 is 10.2 Å². The Hall–Kier alpha value is -0.760. The van der Waals surface area contributed by atoms with E-state index in [1.165, 1.54) is 6.92 Å². The summed E-state index contributed by atoms with van der Waals surface area (Å²) >= 11 is 0. The third kappa shape index (κ3) is 3.45. The highest BCUT2D eigenvalue weighted by atomic mass is 19.4. The van der Waals surface area contributed by atoms with Crippen molar-refractivity contribution in [3.05, 3.63) is 11.6 Å². The second-order valence-corrected chi connectivity index (χ2v) is 11.5. The summed E-state index contributed by atoms with van der Waals surface area (Å²) in [7, 11) is 0. The maximum absolute atomic E-state index is 13.5. The predicted molar refractivity (Wildman–Crippen MR) is 107 cm³/mol. The van der Waals surface area contributed by atoms with Gasteiger partial charge >= 0.3 is 12.4 Å². The van der Waals surface area contributed by atoms with Crippen LogP contribution < -0.4 is 0 Å². The van der Waals surface area contributed by atoms with Gasteiger partial charge in [0.2, 0.25) is 0 Å². The fourth-order valence-corrected chi connectivity index (χ4v) is 8.31. The zero-order valence-corrected chi connectivity index (χ0v) is 18.9. The van der Waals surface area contributed by atoms with Crippen molar-refractivity contribution in [1.29, 1.82) is 0 Å². The quantitative estimate of drug-likeness (QED) is 0.363. The molecular weight excluding hydrogens is 434 g/mol. The van der Waals surface area contributed by atoms with E-state index in [1.54, 1.807) is 0 Å². The molecule has 2 nitrogen and oxygen atoms in total. The molecule has 3 fully saturated rings. The lowest BCUT2D eigenvalue weighted by Gasteiger charge is -2.59. The third-order valence-corrected chi connectivity index (χ3v) is 10.2. The molecule has 0 heterocycles. The van der Waals surface area contributed by atoms with Crippen molar-refractivity contribution in [2.45, 2.75) is 96.2 Å². The molecule has 0 radical (unpaired) electrons. The highest BCUT2D eigenvalue weighted by molar-refractivity contribution is 5.28. The zero-order chi connectivity index (χ0) is 23.9. The highest BCUT2D eigenvalue weighted by Crippen LogP contribution is 2.68. The summed E-state index contributed by atoms with van der Waals surface area (Å²) in [6.07, 6.45) is -6.63. The van der Waals surface area contributed by atoms with Crippen LogP contribution in [0, 0.1) is 40.4 Å². The molecule has 2 N–H and O–H groups in total. The highest BCUT2D eigenvalue weighted by Gasteiger charge is 2.64. The van der Waals surface area contributed by atoms with Crippen LogP contribution in [0.3, 0.4) is 0 Å². The van der Waals surface area contributed by atoms with E-state index < -0.39 is 35.4 Å². The van der Waals surface area contributed by atoms with E-state index >= 15 is 0 Å². The summed E-state index contributed by atoms with van der Waals surface area (Å²) in [5.74, 6) is -0.514. The van der Waals surface area contributed by atoms with Crippen molar-refractivity contribution in [2.75, 3.05) is 0 Å². The number of aliphatic hydroxyl groups is 2. The summed E-state index contributed by atoms with van der Waals surface area (Å²) < 4.78 is 80.0. The molecule has 0 aromatic carbocycles. The molecule has 0 bridgehead atoms. The maximum Gasteiger partial charge on any atom is 0.417 e. The number of halogens is 6. The number of rotatable bonds is 2. The van der Waals surface area contributed by atoms with Crippen molar-refractivity contribution in [3.8, 4) is 0 Å². The molecule has 3 saturated carbocycles. The van der Waals surface area contributed by atoms with Gasteiger partial charge in [-0.15, -0.1) is 0 Å². The third-order valence-electron chi connectivity index (χ3n) is 10.2. The number of alkyl halides is 6. The van der Waals surface area contributed by atoms with E-state index in [1.807, 2.05) is 13.0 Å². The second-order valence-electron chi connectivity index (χ2n) is 11.5. The van der Waals surface area contributed by atoms with Gasteiger partial charge in [-0.2, -0.15) is 26.3 Å². The second kappa shape index (κ2) is 7.37. The number of hydrogen-bond acceptors (Lipinski definition) is 2. The molecule has 32 heavy (non-hydrogen) atoms. The predicted octanol–water partition coefficient (Wildman–Crippen LogP) is 6.42. The average Bonchev–Trinajstić information content (AvgIpc) is 3.03. The maximum atomic E-state index is 13.5. The van der Waals surface area contributed by atoms with Gasteiger partial charge in [0.15, 0.2) is 11.7 Å². The van der Waals surface area contributed by atoms with Crippen LogP contribution >= 0.6 is 0 Å². The number of allylic oxidation sites excluding steroid dienone is 1. The Balaban J connectivity index is 1.59. The minimum atomic E-state index is -4.66. The van der Waals surface area contributed by atoms with Crippen molar-refractivity contribution < 1.29 is 36.6 Å². The Morgan fingerprint density at radius 3 is 2.22 bits per heavy atom. The topological polar surface area (TPSA) is 40.5 Å². The summed E-state index contributed by atoms with van der Waals surface area (Å²) in [5, 5.41) is 20.2. The smallest absolute Gasteiger partial charge is 0.383 e. The Labute approximate surface area is 185 Å². The van der Waals surface area contributed by atoms with Gasteiger partial charge in [-0.25, -0.2) is 0 Å². The normalized spacial score (nSPS) is 46.5. The van der Waals surface area contributed by atoms with Crippen LogP contribution in [0.5, 0.6) is 0 Å². The van der Waals surface area contributed by atoms with Crippen molar-refractivity contribution >= 4 is 0 Å². The summed E-state index contributed by atoms with van der Waals surface area (Å²) in [6.45, 7) is 5.59. The number of fused-ring (bicyclic) bond motifs is 5. The van der Waals surface area contributed by atoms with Gasteiger partial charge in [-0.05, 0) is 85.4 Å². The fraction of sp³-hybridized carbons (Fsp3) is 0.917. The van der Waals surface area contributed by atoms with E-state index in [2.05, 4.69) is 6.92 Å². The standard InChI is InChI=1S/C24H34F6O2/c1-13(19(31)23(25,26)27)16-6-7-17-15-5-4-14-12-22(32,24(28,29)30)11-10-20(14,2)18(15)8-9-21(16,17)3/h4,13,15-19,31-32H,5-12H2,1-3H3/t13-,15-,16+,17-,18?,19-,20-,21+,22-/m0/s1. The molecule has 0 aliphatic heterocycles. The zero-order valence-electron chi connectivity index (χ0n) is 18.9. The first-order valence-corrected chi connectivity index (χ1v) is 11.8. The van der Waals surface area contributed by atoms with Crippen LogP contribution in [-0.2, 0) is 0 Å². The van der Waals surface area contributed by atoms with E-state index in [4.69, 9.17) is 0 Å². The molecule has 184 valence electrons. The fourth-order valence-electron chi connectivity index (χ4n) is 8.31. The van der Waals surface area contributed by atoms with E-state index in [-0.39, 0.29) is 48.3 Å². The Morgan fingerprint density at radius 1 is 0.969 bits per heavy atom. The molecule has 0 saturated heterocycles. The lowest BCUT2D eigenvalue weighted by molar-refractivity contribution is -0.271. The molecular formula is C24H34F6O2. The van der Waals surface area contributed by atoms with Gasteiger partial charge in [0.05, 0.1) is 0 Å². The average molecular weight is 469 g/mol. The van der Waals surface area contributed by atoms with E-state index in [0.717, 1.165) is 19.3 Å².